The molecule has 2 fully saturated rings. The second-order valence-corrected chi connectivity index (χ2v) is 9.77. The Labute approximate surface area is 163 Å². The molecule has 0 spiro atoms. The van der Waals surface area contributed by atoms with E-state index in [1.165, 1.54) is 29.0 Å². The molecule has 4 nitrogen and oxygen atoms in total. The van der Waals surface area contributed by atoms with E-state index in [1.54, 1.807) is 17.5 Å². The highest BCUT2D eigenvalue weighted by atomic mass is 32.1. The number of aromatic amines is 1. The monoisotopic (exact) mass is 382 g/mol. The van der Waals surface area contributed by atoms with E-state index >= 15 is 0 Å². The van der Waals surface area contributed by atoms with Crippen LogP contribution in [0.2, 0.25) is 0 Å². The number of Topliss-reactive ketones (excluding diaryl/α,β-unsaturated/α-hetero) is 2. The van der Waals surface area contributed by atoms with Gasteiger partial charge in [0, 0.05) is 51.9 Å². The summed E-state index contributed by atoms with van der Waals surface area (Å²) in [4.78, 5) is 28.0. The van der Waals surface area contributed by atoms with Gasteiger partial charge < -0.3 is 0 Å². The number of hydrogen-bond acceptors (Lipinski definition) is 4. The topological polar surface area (TPSA) is 62.8 Å². The van der Waals surface area contributed by atoms with Crippen LogP contribution in [0.5, 0.6) is 0 Å². The summed E-state index contributed by atoms with van der Waals surface area (Å²) in [7, 11) is 0. The summed E-state index contributed by atoms with van der Waals surface area (Å²) in [5.41, 5.74) is 3.33. The summed E-state index contributed by atoms with van der Waals surface area (Å²) in [5.74, 6) is 2.05. The fourth-order valence-corrected chi connectivity index (χ4v) is 5.80. The number of nitrogens with one attached hydrogen (secondary N) is 1. The zero-order valence-corrected chi connectivity index (χ0v) is 16.4. The standard InChI is InChI=1S/C22H26N2O2S/c25-18(7-3-13-1-2-13)22-16-11-15(17-9-10-23-24-17)6-8-20(16)27-21(22)12-19(26)14-4-5-14/h9-10,13-15H,1-8,11-12H2,(H,23,24). The zero-order valence-electron chi connectivity index (χ0n) is 15.6. The third-order valence-electron chi connectivity index (χ3n) is 6.42. The Bertz CT molecular complexity index is 859. The Morgan fingerprint density at radius 3 is 2.74 bits per heavy atom. The molecule has 142 valence electrons. The lowest BCUT2D eigenvalue weighted by molar-refractivity contribution is -0.119. The van der Waals surface area contributed by atoms with E-state index in [1.807, 2.05) is 6.07 Å². The first-order chi connectivity index (χ1) is 13.2. The number of hydrogen-bond donors (Lipinski definition) is 1. The van der Waals surface area contributed by atoms with E-state index in [0.717, 1.165) is 54.9 Å². The normalized spacial score (nSPS) is 21.9. The van der Waals surface area contributed by atoms with Crippen molar-refractivity contribution in [3.63, 3.8) is 0 Å². The van der Waals surface area contributed by atoms with Crippen molar-refractivity contribution >= 4 is 22.9 Å². The molecular weight excluding hydrogens is 356 g/mol. The molecule has 1 unspecified atom stereocenters. The smallest absolute Gasteiger partial charge is 0.164 e. The quantitative estimate of drug-likeness (QED) is 0.677. The highest BCUT2D eigenvalue weighted by Crippen LogP contribution is 2.42. The summed E-state index contributed by atoms with van der Waals surface area (Å²) in [6.07, 6.45) is 11.6. The van der Waals surface area contributed by atoms with Gasteiger partial charge in [-0.1, -0.05) is 12.8 Å². The molecule has 1 atom stereocenters. The molecule has 2 saturated carbocycles. The summed E-state index contributed by atoms with van der Waals surface area (Å²) in [5, 5.41) is 7.21. The average Bonchev–Trinajstić information content (AvgIpc) is 3.59. The number of thiophene rings is 1. The number of rotatable bonds is 8. The molecule has 0 saturated heterocycles. The van der Waals surface area contributed by atoms with Crippen LogP contribution in [0.25, 0.3) is 0 Å². The Morgan fingerprint density at radius 2 is 2.04 bits per heavy atom. The minimum atomic E-state index is 0.260. The fourth-order valence-electron chi connectivity index (χ4n) is 4.42. The molecule has 3 aliphatic carbocycles. The number of aryl methyl sites for hydroxylation is 1. The number of fused-ring (bicyclic) bond motifs is 1. The van der Waals surface area contributed by atoms with E-state index < -0.39 is 0 Å². The second-order valence-electron chi connectivity index (χ2n) is 8.58. The van der Waals surface area contributed by atoms with Gasteiger partial charge in [-0.2, -0.15) is 5.10 Å². The Balaban J connectivity index is 1.44. The van der Waals surface area contributed by atoms with Crippen LogP contribution >= 0.6 is 11.3 Å². The molecule has 0 aliphatic heterocycles. The largest absolute Gasteiger partial charge is 0.299 e. The van der Waals surface area contributed by atoms with E-state index in [0.29, 0.717) is 24.5 Å². The SMILES string of the molecule is O=C(CCC1CC1)c1c(CC(=O)C2CC2)sc2c1CC(c1ccn[nH]1)CC2. The van der Waals surface area contributed by atoms with Crippen molar-refractivity contribution in [1.29, 1.82) is 0 Å². The zero-order chi connectivity index (χ0) is 18.4. The summed E-state index contributed by atoms with van der Waals surface area (Å²) < 4.78 is 0. The van der Waals surface area contributed by atoms with Gasteiger partial charge in [0.25, 0.3) is 0 Å². The summed E-state index contributed by atoms with van der Waals surface area (Å²) in [6.45, 7) is 0. The van der Waals surface area contributed by atoms with Crippen molar-refractivity contribution in [2.45, 2.75) is 70.1 Å². The van der Waals surface area contributed by atoms with Crippen molar-refractivity contribution in [2.75, 3.05) is 0 Å². The molecule has 2 aromatic rings. The third-order valence-corrected chi connectivity index (χ3v) is 7.71. The van der Waals surface area contributed by atoms with Crippen LogP contribution in [0.4, 0.5) is 0 Å². The average molecular weight is 383 g/mol. The van der Waals surface area contributed by atoms with Gasteiger partial charge in [0.2, 0.25) is 0 Å². The number of carbonyl (C=O) groups is 2. The first-order valence-corrected chi connectivity index (χ1v) is 11.2. The molecule has 1 N–H and O–H groups in total. The van der Waals surface area contributed by atoms with Gasteiger partial charge in [0.15, 0.2) is 5.78 Å². The molecule has 2 heterocycles. The van der Waals surface area contributed by atoms with E-state index in [-0.39, 0.29) is 11.7 Å². The molecule has 0 aromatic carbocycles. The minimum Gasteiger partial charge on any atom is -0.299 e. The lowest BCUT2D eigenvalue weighted by Gasteiger charge is -2.22. The van der Waals surface area contributed by atoms with Crippen LogP contribution < -0.4 is 0 Å². The van der Waals surface area contributed by atoms with Crippen molar-refractivity contribution in [1.82, 2.24) is 10.2 Å². The van der Waals surface area contributed by atoms with Crippen LogP contribution in [0, 0.1) is 11.8 Å². The Kier molecular flexibility index (Phi) is 4.50. The van der Waals surface area contributed by atoms with Crippen LogP contribution in [0.15, 0.2) is 12.3 Å². The summed E-state index contributed by atoms with van der Waals surface area (Å²) >= 11 is 1.75. The van der Waals surface area contributed by atoms with Gasteiger partial charge in [-0.05, 0) is 56.1 Å². The van der Waals surface area contributed by atoms with Gasteiger partial charge in [0.05, 0.1) is 0 Å². The molecule has 2 aromatic heterocycles. The first-order valence-electron chi connectivity index (χ1n) is 10.4. The number of H-pyrrole nitrogens is 1. The summed E-state index contributed by atoms with van der Waals surface area (Å²) in [6, 6.07) is 2.05. The highest BCUT2D eigenvalue weighted by Gasteiger charge is 2.34. The fraction of sp³-hybridized carbons (Fsp3) is 0.591. The molecule has 3 aliphatic rings. The van der Waals surface area contributed by atoms with Crippen molar-refractivity contribution in [3.05, 3.63) is 38.8 Å². The molecule has 5 rings (SSSR count). The van der Waals surface area contributed by atoms with Crippen LogP contribution in [0.1, 0.15) is 82.2 Å². The van der Waals surface area contributed by atoms with Crippen LogP contribution in [0.3, 0.4) is 0 Å². The van der Waals surface area contributed by atoms with Gasteiger partial charge >= 0.3 is 0 Å². The molecule has 0 radical (unpaired) electrons. The van der Waals surface area contributed by atoms with Gasteiger partial charge in [0.1, 0.15) is 5.78 Å². The lowest BCUT2D eigenvalue weighted by Crippen LogP contribution is -2.15. The van der Waals surface area contributed by atoms with Crippen molar-refractivity contribution in [2.24, 2.45) is 11.8 Å². The van der Waals surface area contributed by atoms with Crippen LogP contribution in [-0.2, 0) is 24.1 Å². The number of carbonyl (C=O) groups excluding carboxylic acids is 2. The predicted octanol–water partition coefficient (Wildman–Crippen LogP) is 4.64. The van der Waals surface area contributed by atoms with Gasteiger partial charge in [-0.3, -0.25) is 14.7 Å². The van der Waals surface area contributed by atoms with Gasteiger partial charge in [-0.15, -0.1) is 11.3 Å². The van der Waals surface area contributed by atoms with E-state index in [4.69, 9.17) is 0 Å². The highest BCUT2D eigenvalue weighted by molar-refractivity contribution is 7.12. The van der Waals surface area contributed by atoms with Crippen molar-refractivity contribution in [3.8, 4) is 0 Å². The maximum atomic E-state index is 13.2. The Hall–Kier alpha value is -1.75. The third kappa shape index (κ3) is 3.66. The predicted molar refractivity (Wildman–Crippen MR) is 105 cm³/mol. The minimum absolute atomic E-state index is 0.260. The van der Waals surface area contributed by atoms with Crippen molar-refractivity contribution < 1.29 is 9.59 Å². The van der Waals surface area contributed by atoms with E-state index in [2.05, 4.69) is 10.2 Å². The number of nitrogens with zero attached hydrogens (tertiary/aromatic N) is 1. The number of ketones is 2. The second kappa shape index (κ2) is 7.01. The molecule has 27 heavy (non-hydrogen) atoms. The van der Waals surface area contributed by atoms with Gasteiger partial charge in [-0.25, -0.2) is 0 Å². The maximum absolute atomic E-state index is 13.2. The maximum Gasteiger partial charge on any atom is 0.164 e. The first kappa shape index (κ1) is 17.4. The molecule has 0 amide bonds. The van der Waals surface area contributed by atoms with E-state index in [9.17, 15) is 9.59 Å². The molecule has 0 bridgehead atoms. The Morgan fingerprint density at radius 1 is 1.19 bits per heavy atom. The molecular formula is C22H26N2O2S. The van der Waals surface area contributed by atoms with Crippen LogP contribution in [-0.4, -0.2) is 21.8 Å². The lowest BCUT2D eigenvalue weighted by atomic mass is 9.83. The number of aromatic nitrogens is 2. The molecule has 5 heteroatoms.